The molecule has 0 aromatic heterocycles. The number of rotatable bonds is 8. The summed E-state index contributed by atoms with van der Waals surface area (Å²) in [5, 5.41) is 14.2. The van der Waals surface area contributed by atoms with Crippen molar-refractivity contribution in [1.29, 1.82) is 0 Å². The van der Waals surface area contributed by atoms with Crippen LogP contribution in [-0.4, -0.2) is 36.9 Å². The zero-order valence-electron chi connectivity index (χ0n) is 12.3. The van der Waals surface area contributed by atoms with Gasteiger partial charge >= 0.3 is 12.0 Å². The van der Waals surface area contributed by atoms with E-state index < -0.39 is 12.1 Å². The van der Waals surface area contributed by atoms with Gasteiger partial charge < -0.3 is 20.5 Å². The van der Waals surface area contributed by atoms with Crippen molar-refractivity contribution in [2.75, 3.05) is 13.7 Å². The molecule has 0 bridgehead atoms. The third-order valence-electron chi connectivity index (χ3n) is 3.14. The maximum absolute atomic E-state index is 11.9. The minimum atomic E-state index is -0.959. The van der Waals surface area contributed by atoms with Crippen molar-refractivity contribution in [1.82, 2.24) is 10.6 Å². The number of carbonyl (C=O) groups excluding carboxylic acids is 1. The van der Waals surface area contributed by atoms with Crippen LogP contribution in [0.5, 0.6) is 0 Å². The molecule has 6 heteroatoms. The summed E-state index contributed by atoms with van der Waals surface area (Å²) in [7, 11) is 1.42. The zero-order chi connectivity index (χ0) is 15.7. The Hall–Kier alpha value is -2.08. The Kier molecular flexibility index (Phi) is 7.25. The normalized spacial score (nSPS) is 13.2. The summed E-state index contributed by atoms with van der Waals surface area (Å²) in [5.74, 6) is -0.959. The van der Waals surface area contributed by atoms with Gasteiger partial charge in [0.1, 0.15) is 0 Å². The van der Waals surface area contributed by atoms with Crippen LogP contribution >= 0.6 is 0 Å². The van der Waals surface area contributed by atoms with E-state index in [-0.39, 0.29) is 25.0 Å². The third-order valence-corrected chi connectivity index (χ3v) is 3.14. The van der Waals surface area contributed by atoms with E-state index in [9.17, 15) is 9.59 Å². The first-order chi connectivity index (χ1) is 10.1. The van der Waals surface area contributed by atoms with E-state index in [1.165, 1.54) is 7.11 Å². The van der Waals surface area contributed by atoms with Crippen LogP contribution in [-0.2, 0) is 9.53 Å². The van der Waals surface area contributed by atoms with E-state index in [2.05, 4.69) is 10.6 Å². The Labute approximate surface area is 124 Å². The predicted molar refractivity (Wildman–Crippen MR) is 79.1 cm³/mol. The number of hydrogen-bond donors (Lipinski definition) is 3. The second-order valence-electron chi connectivity index (χ2n) is 4.68. The first-order valence-electron chi connectivity index (χ1n) is 6.90. The molecule has 6 nitrogen and oxygen atoms in total. The number of nitrogens with one attached hydrogen (secondary N) is 2. The van der Waals surface area contributed by atoms with E-state index >= 15 is 0 Å². The molecular weight excluding hydrogens is 272 g/mol. The van der Waals surface area contributed by atoms with Crippen LogP contribution in [0.1, 0.15) is 31.4 Å². The lowest BCUT2D eigenvalue weighted by molar-refractivity contribution is -0.139. The molecule has 2 amide bonds. The lowest BCUT2D eigenvalue weighted by Gasteiger charge is -2.19. The number of carboxylic acid groups (broad SMARTS) is 1. The highest BCUT2D eigenvalue weighted by atomic mass is 16.5. The van der Waals surface area contributed by atoms with Crippen LogP contribution in [0.2, 0.25) is 0 Å². The summed E-state index contributed by atoms with van der Waals surface area (Å²) >= 11 is 0. The van der Waals surface area contributed by atoms with E-state index in [0.29, 0.717) is 0 Å². The number of carbonyl (C=O) groups is 2. The van der Waals surface area contributed by atoms with Crippen molar-refractivity contribution >= 4 is 12.0 Å². The smallest absolute Gasteiger partial charge is 0.315 e. The fraction of sp³-hybridized carbons (Fsp3) is 0.467. The molecule has 2 unspecified atom stereocenters. The Morgan fingerprint density at radius 1 is 1.29 bits per heavy atom. The standard InChI is InChI=1S/C15H22N2O4/c1-3-13(11-7-5-4-6-8-11)17-15(20)16-10-12(21-2)9-14(18)19/h4-8,12-13H,3,9-10H2,1-2H3,(H,18,19)(H2,16,17,20). The molecular formula is C15H22N2O4. The molecule has 2 atom stereocenters. The summed E-state index contributed by atoms with van der Waals surface area (Å²) in [6.45, 7) is 2.14. The second-order valence-corrected chi connectivity index (χ2v) is 4.68. The molecule has 0 heterocycles. The largest absolute Gasteiger partial charge is 0.481 e. The average Bonchev–Trinajstić information content (AvgIpc) is 2.49. The molecule has 116 valence electrons. The first-order valence-corrected chi connectivity index (χ1v) is 6.90. The predicted octanol–water partition coefficient (Wildman–Crippen LogP) is 1.93. The van der Waals surface area contributed by atoms with Gasteiger partial charge in [0, 0.05) is 13.7 Å². The second kappa shape index (κ2) is 8.97. The van der Waals surface area contributed by atoms with Crippen molar-refractivity contribution in [2.24, 2.45) is 0 Å². The van der Waals surface area contributed by atoms with Crippen LogP contribution in [0, 0.1) is 0 Å². The molecule has 1 aromatic carbocycles. The van der Waals surface area contributed by atoms with Gasteiger partial charge in [-0.05, 0) is 12.0 Å². The summed E-state index contributed by atoms with van der Waals surface area (Å²) in [4.78, 5) is 22.5. The van der Waals surface area contributed by atoms with Gasteiger partial charge in [0.15, 0.2) is 0 Å². The third kappa shape index (κ3) is 6.27. The van der Waals surface area contributed by atoms with Crippen LogP contribution in [0.25, 0.3) is 0 Å². The van der Waals surface area contributed by atoms with Gasteiger partial charge in [-0.15, -0.1) is 0 Å². The number of ether oxygens (including phenoxy) is 1. The quantitative estimate of drug-likeness (QED) is 0.683. The molecule has 0 aliphatic rings. The van der Waals surface area contributed by atoms with E-state index in [0.717, 1.165) is 12.0 Å². The summed E-state index contributed by atoms with van der Waals surface area (Å²) in [5.41, 5.74) is 1.03. The highest BCUT2D eigenvalue weighted by Crippen LogP contribution is 2.15. The Morgan fingerprint density at radius 2 is 1.95 bits per heavy atom. The van der Waals surface area contributed by atoms with Crippen molar-refractivity contribution in [3.05, 3.63) is 35.9 Å². The van der Waals surface area contributed by atoms with Gasteiger partial charge in [-0.2, -0.15) is 0 Å². The molecule has 0 spiro atoms. The molecule has 0 saturated heterocycles. The molecule has 0 aliphatic heterocycles. The molecule has 0 fully saturated rings. The minimum absolute atomic E-state index is 0.0772. The number of carboxylic acids is 1. The van der Waals surface area contributed by atoms with Crippen LogP contribution in [0.15, 0.2) is 30.3 Å². The molecule has 1 rings (SSSR count). The minimum Gasteiger partial charge on any atom is -0.481 e. The van der Waals surface area contributed by atoms with Gasteiger partial charge in [-0.3, -0.25) is 4.79 Å². The van der Waals surface area contributed by atoms with Crippen LogP contribution in [0.3, 0.4) is 0 Å². The SMILES string of the molecule is CCC(NC(=O)NCC(CC(=O)O)OC)c1ccccc1. The molecule has 3 N–H and O–H groups in total. The Bertz CT molecular complexity index is 450. The van der Waals surface area contributed by atoms with Gasteiger partial charge in [0.2, 0.25) is 0 Å². The summed E-state index contributed by atoms with van der Waals surface area (Å²) < 4.78 is 5.00. The summed E-state index contributed by atoms with van der Waals surface area (Å²) in [6, 6.07) is 9.26. The number of benzene rings is 1. The van der Waals surface area contributed by atoms with Crippen LogP contribution < -0.4 is 10.6 Å². The molecule has 0 saturated carbocycles. The molecule has 0 radical (unpaired) electrons. The van der Waals surface area contributed by atoms with Crippen molar-refractivity contribution in [2.45, 2.75) is 31.9 Å². The van der Waals surface area contributed by atoms with Gasteiger partial charge in [0.05, 0.1) is 18.6 Å². The number of hydrogen-bond acceptors (Lipinski definition) is 3. The highest BCUT2D eigenvalue weighted by molar-refractivity contribution is 5.74. The van der Waals surface area contributed by atoms with Crippen molar-refractivity contribution in [3.8, 4) is 0 Å². The zero-order valence-corrected chi connectivity index (χ0v) is 12.3. The monoisotopic (exact) mass is 294 g/mol. The number of urea groups is 1. The van der Waals surface area contributed by atoms with E-state index in [1.54, 1.807) is 0 Å². The molecule has 1 aromatic rings. The average molecular weight is 294 g/mol. The lowest BCUT2D eigenvalue weighted by Crippen LogP contribution is -2.42. The lowest BCUT2D eigenvalue weighted by atomic mass is 10.1. The number of aliphatic carboxylic acids is 1. The topological polar surface area (TPSA) is 87.7 Å². The maximum Gasteiger partial charge on any atom is 0.315 e. The van der Waals surface area contributed by atoms with E-state index in [1.807, 2.05) is 37.3 Å². The summed E-state index contributed by atoms with van der Waals surface area (Å²) in [6.07, 6.45) is 0.0810. The van der Waals surface area contributed by atoms with Gasteiger partial charge in [-0.1, -0.05) is 37.3 Å². The van der Waals surface area contributed by atoms with Gasteiger partial charge in [-0.25, -0.2) is 4.79 Å². The van der Waals surface area contributed by atoms with Gasteiger partial charge in [0.25, 0.3) is 0 Å². The number of methoxy groups -OCH3 is 1. The number of amides is 2. The Balaban J connectivity index is 2.46. The van der Waals surface area contributed by atoms with Crippen LogP contribution in [0.4, 0.5) is 4.79 Å². The molecule has 21 heavy (non-hydrogen) atoms. The first kappa shape index (κ1) is 17.0. The fourth-order valence-corrected chi connectivity index (χ4v) is 1.96. The van der Waals surface area contributed by atoms with Crippen molar-refractivity contribution < 1.29 is 19.4 Å². The van der Waals surface area contributed by atoms with E-state index in [4.69, 9.17) is 9.84 Å². The molecule has 0 aliphatic carbocycles. The van der Waals surface area contributed by atoms with Crippen molar-refractivity contribution in [3.63, 3.8) is 0 Å². The Morgan fingerprint density at radius 3 is 2.48 bits per heavy atom. The maximum atomic E-state index is 11.9. The highest BCUT2D eigenvalue weighted by Gasteiger charge is 2.15. The fourth-order valence-electron chi connectivity index (χ4n) is 1.96.